The zero-order chi connectivity index (χ0) is 19.7. The Morgan fingerprint density at radius 1 is 1.08 bits per heavy atom. The average Bonchev–Trinajstić information content (AvgIpc) is 2.44. The van der Waals surface area contributed by atoms with Crippen molar-refractivity contribution in [2.45, 2.75) is 20.0 Å². The summed E-state index contributed by atoms with van der Waals surface area (Å²) in [5, 5.41) is 0. The van der Waals surface area contributed by atoms with E-state index in [9.17, 15) is 21.6 Å². The molecule has 148 valence electrons. The molecule has 2 unspecified atom stereocenters. The zero-order valence-corrected chi connectivity index (χ0v) is 17.3. The van der Waals surface area contributed by atoms with Gasteiger partial charge in [0.1, 0.15) is 6.10 Å². The van der Waals surface area contributed by atoms with Gasteiger partial charge >= 0.3 is 5.97 Å². The van der Waals surface area contributed by atoms with Gasteiger partial charge in [-0.2, -0.15) is 28.6 Å². The van der Waals surface area contributed by atoms with E-state index < -0.39 is 44.8 Å². The van der Waals surface area contributed by atoms with Crippen LogP contribution in [0.4, 0.5) is 0 Å². The molecular formula is C14H26O8S3. The highest BCUT2D eigenvalue weighted by atomic mass is 32.2. The molecule has 8 nitrogen and oxygen atoms in total. The molecule has 0 spiro atoms. The quantitative estimate of drug-likeness (QED) is 0.246. The van der Waals surface area contributed by atoms with Gasteiger partial charge in [0.05, 0.1) is 31.6 Å². The van der Waals surface area contributed by atoms with Gasteiger partial charge in [-0.15, -0.1) is 6.58 Å². The van der Waals surface area contributed by atoms with E-state index in [1.807, 2.05) is 13.8 Å². The molecule has 0 heterocycles. The summed E-state index contributed by atoms with van der Waals surface area (Å²) < 4.78 is 59.1. The Kier molecular flexibility index (Phi) is 10.9. The number of hydrogen-bond donors (Lipinski definition) is 0. The predicted octanol–water partition coefficient (Wildman–Crippen LogP) is 1.04. The van der Waals surface area contributed by atoms with Crippen molar-refractivity contribution in [1.82, 2.24) is 0 Å². The van der Waals surface area contributed by atoms with Crippen LogP contribution in [-0.4, -0.2) is 66.1 Å². The number of hydrogen-bond acceptors (Lipinski definition) is 9. The lowest BCUT2D eigenvalue weighted by Crippen LogP contribution is -2.28. The van der Waals surface area contributed by atoms with Crippen molar-refractivity contribution >= 4 is 38.0 Å². The Labute approximate surface area is 154 Å². The van der Waals surface area contributed by atoms with Gasteiger partial charge in [-0.1, -0.05) is 19.9 Å². The fourth-order valence-electron chi connectivity index (χ4n) is 1.46. The highest BCUT2D eigenvalue weighted by molar-refractivity contribution is 7.99. The molecule has 0 radical (unpaired) electrons. The molecule has 0 N–H and O–H groups in total. The number of ether oxygens (including phenoxy) is 1. The Balaban J connectivity index is 4.59. The summed E-state index contributed by atoms with van der Waals surface area (Å²) in [6, 6.07) is 0. The number of rotatable bonds is 13. The summed E-state index contributed by atoms with van der Waals surface area (Å²) in [7, 11) is -7.51. The Hall–Kier alpha value is -0.620. The van der Waals surface area contributed by atoms with Crippen LogP contribution in [0.25, 0.3) is 0 Å². The van der Waals surface area contributed by atoms with Gasteiger partial charge < -0.3 is 4.74 Å². The van der Waals surface area contributed by atoms with Crippen molar-refractivity contribution in [3.63, 3.8) is 0 Å². The second-order valence-corrected chi connectivity index (χ2v) is 10.1. The summed E-state index contributed by atoms with van der Waals surface area (Å²) in [4.78, 5) is 11.9. The number of esters is 1. The number of carbonyl (C=O) groups excluding carboxylic acids is 1. The van der Waals surface area contributed by atoms with E-state index in [-0.39, 0.29) is 11.7 Å². The number of thioether (sulfide) groups is 1. The van der Waals surface area contributed by atoms with E-state index in [4.69, 9.17) is 8.92 Å². The number of carbonyl (C=O) groups is 1. The molecule has 0 fully saturated rings. The van der Waals surface area contributed by atoms with Gasteiger partial charge in [-0.25, -0.2) is 0 Å². The minimum atomic E-state index is -3.78. The lowest BCUT2D eigenvalue weighted by molar-refractivity contribution is -0.147. The summed E-state index contributed by atoms with van der Waals surface area (Å²) in [6.07, 6.45) is 2.18. The molecule has 0 aromatic carbocycles. The molecule has 0 aromatic heterocycles. The van der Waals surface area contributed by atoms with Crippen LogP contribution in [0.5, 0.6) is 0 Å². The van der Waals surface area contributed by atoms with Crippen LogP contribution in [-0.2, 0) is 38.1 Å². The minimum absolute atomic E-state index is 0.115. The highest BCUT2D eigenvalue weighted by Crippen LogP contribution is 2.16. The van der Waals surface area contributed by atoms with Crippen LogP contribution < -0.4 is 0 Å². The van der Waals surface area contributed by atoms with Crippen LogP contribution in [0.15, 0.2) is 12.7 Å². The Morgan fingerprint density at radius 3 is 2.12 bits per heavy atom. The minimum Gasteiger partial charge on any atom is -0.465 e. The maximum atomic E-state index is 11.9. The molecule has 2 atom stereocenters. The molecule has 0 aromatic rings. The van der Waals surface area contributed by atoms with Crippen molar-refractivity contribution in [2.75, 3.05) is 37.2 Å². The molecule has 0 bridgehead atoms. The molecule has 0 saturated carbocycles. The zero-order valence-electron chi connectivity index (χ0n) is 14.8. The fourth-order valence-corrected chi connectivity index (χ4v) is 3.66. The Morgan fingerprint density at radius 2 is 1.68 bits per heavy atom. The predicted molar refractivity (Wildman–Crippen MR) is 97.3 cm³/mol. The van der Waals surface area contributed by atoms with E-state index in [0.29, 0.717) is 12.4 Å². The fraction of sp³-hybridized carbons (Fsp3) is 0.786. The second-order valence-electron chi connectivity index (χ2n) is 5.81. The summed E-state index contributed by atoms with van der Waals surface area (Å²) in [6.45, 7) is 7.29. The average molecular weight is 419 g/mol. The van der Waals surface area contributed by atoms with Crippen LogP contribution in [0.2, 0.25) is 0 Å². The van der Waals surface area contributed by atoms with Crippen molar-refractivity contribution < 1.29 is 34.7 Å². The first-order valence-corrected chi connectivity index (χ1v) is 12.2. The monoisotopic (exact) mass is 418 g/mol. The molecular weight excluding hydrogens is 392 g/mol. The third-order valence-corrected chi connectivity index (χ3v) is 4.91. The van der Waals surface area contributed by atoms with E-state index in [1.54, 1.807) is 0 Å². The topological polar surface area (TPSA) is 113 Å². The van der Waals surface area contributed by atoms with Gasteiger partial charge in [0, 0.05) is 11.5 Å². The standard InChI is InChI=1S/C14H26O8S3/c1-6-12(14(15)20-7-11(2)3)9-23-10-13(22-25(5,18)19)8-21-24(4,16)17/h6,11-13H,1,7-10H2,2-5H3. The third kappa shape index (κ3) is 14.3. The molecule has 11 heteroatoms. The van der Waals surface area contributed by atoms with E-state index in [0.717, 1.165) is 12.5 Å². The third-order valence-electron chi connectivity index (χ3n) is 2.53. The highest BCUT2D eigenvalue weighted by Gasteiger charge is 2.21. The maximum Gasteiger partial charge on any atom is 0.313 e. The van der Waals surface area contributed by atoms with E-state index in [1.165, 1.54) is 17.8 Å². The van der Waals surface area contributed by atoms with Crippen molar-refractivity contribution in [1.29, 1.82) is 0 Å². The first kappa shape index (κ1) is 24.4. The normalized spacial score (nSPS) is 14.9. The SMILES string of the molecule is C=CC(CSCC(COS(C)(=O)=O)OS(C)(=O)=O)C(=O)OCC(C)C. The van der Waals surface area contributed by atoms with Crippen LogP contribution >= 0.6 is 11.8 Å². The van der Waals surface area contributed by atoms with Gasteiger partial charge in [0.15, 0.2) is 0 Å². The molecule has 0 amide bonds. The van der Waals surface area contributed by atoms with Gasteiger partial charge in [-0.05, 0) is 5.92 Å². The first-order chi connectivity index (χ1) is 11.3. The molecule has 0 saturated heterocycles. The molecule has 0 aliphatic rings. The lowest BCUT2D eigenvalue weighted by atomic mass is 10.2. The molecule has 0 rings (SSSR count). The van der Waals surface area contributed by atoms with Gasteiger partial charge in [-0.3, -0.25) is 13.2 Å². The van der Waals surface area contributed by atoms with Crippen LogP contribution in [0.1, 0.15) is 13.8 Å². The first-order valence-electron chi connectivity index (χ1n) is 7.43. The van der Waals surface area contributed by atoms with Gasteiger partial charge in [0.2, 0.25) is 0 Å². The van der Waals surface area contributed by atoms with E-state index >= 15 is 0 Å². The molecule has 0 aliphatic carbocycles. The lowest BCUT2D eigenvalue weighted by Gasteiger charge is -2.17. The summed E-state index contributed by atoms with van der Waals surface area (Å²) in [5.74, 6) is -0.349. The second kappa shape index (κ2) is 11.2. The smallest absolute Gasteiger partial charge is 0.313 e. The largest absolute Gasteiger partial charge is 0.465 e. The van der Waals surface area contributed by atoms with Crippen molar-refractivity contribution in [3.8, 4) is 0 Å². The van der Waals surface area contributed by atoms with Crippen molar-refractivity contribution in [3.05, 3.63) is 12.7 Å². The summed E-state index contributed by atoms with van der Waals surface area (Å²) in [5.41, 5.74) is 0. The van der Waals surface area contributed by atoms with Gasteiger partial charge in [0.25, 0.3) is 20.2 Å². The molecule has 25 heavy (non-hydrogen) atoms. The van der Waals surface area contributed by atoms with E-state index in [2.05, 4.69) is 10.8 Å². The Bertz CT molecular complexity index is 624. The van der Waals surface area contributed by atoms with Crippen LogP contribution in [0, 0.1) is 11.8 Å². The molecule has 0 aliphatic heterocycles. The summed E-state index contributed by atoms with van der Waals surface area (Å²) >= 11 is 1.21. The van der Waals surface area contributed by atoms with Crippen molar-refractivity contribution in [2.24, 2.45) is 11.8 Å². The maximum absolute atomic E-state index is 11.9. The van der Waals surface area contributed by atoms with Crippen LogP contribution in [0.3, 0.4) is 0 Å².